The maximum Gasteiger partial charge on any atom is 0.240 e. The molecule has 2 atom stereocenters. The Kier molecular flexibility index (Phi) is 5.82. The third kappa shape index (κ3) is 3.82. The molecule has 0 aromatic carbocycles. The monoisotopic (exact) mass is 268 g/mol. The predicted octanol–water partition coefficient (Wildman–Crippen LogP) is 2.86. The number of rotatable bonds is 6. The number of hydrogen-bond acceptors (Lipinski definition) is 3. The molecular formula is C14H24N2OS. The van der Waals surface area contributed by atoms with Gasteiger partial charge in [-0.25, -0.2) is 0 Å². The highest BCUT2D eigenvalue weighted by Gasteiger charge is 2.26. The minimum Gasteiger partial charge on any atom is -0.334 e. The highest BCUT2D eigenvalue weighted by atomic mass is 32.1. The van der Waals surface area contributed by atoms with Gasteiger partial charge in [-0.05, 0) is 31.2 Å². The van der Waals surface area contributed by atoms with Crippen LogP contribution in [0.5, 0.6) is 0 Å². The lowest BCUT2D eigenvalue weighted by Gasteiger charge is -2.30. The average molecular weight is 268 g/mol. The van der Waals surface area contributed by atoms with Gasteiger partial charge >= 0.3 is 0 Å². The molecule has 1 heterocycles. The van der Waals surface area contributed by atoms with Crippen LogP contribution in [0.25, 0.3) is 0 Å². The molecule has 0 spiro atoms. The van der Waals surface area contributed by atoms with E-state index in [-0.39, 0.29) is 17.9 Å². The third-order valence-corrected chi connectivity index (χ3v) is 4.22. The zero-order valence-corrected chi connectivity index (χ0v) is 12.5. The minimum absolute atomic E-state index is 0.0627. The molecule has 0 saturated carbocycles. The van der Waals surface area contributed by atoms with Crippen molar-refractivity contribution in [1.82, 2.24) is 4.90 Å². The molecule has 1 rings (SSSR count). The van der Waals surface area contributed by atoms with Gasteiger partial charge in [0.25, 0.3) is 0 Å². The summed E-state index contributed by atoms with van der Waals surface area (Å²) in [7, 11) is 0. The maximum absolute atomic E-state index is 12.4. The van der Waals surface area contributed by atoms with E-state index in [2.05, 4.69) is 13.0 Å². The van der Waals surface area contributed by atoms with Crippen molar-refractivity contribution >= 4 is 17.2 Å². The van der Waals surface area contributed by atoms with Gasteiger partial charge in [0.2, 0.25) is 5.91 Å². The van der Waals surface area contributed by atoms with Gasteiger partial charge < -0.3 is 10.6 Å². The Morgan fingerprint density at radius 1 is 1.44 bits per heavy atom. The van der Waals surface area contributed by atoms with Crippen molar-refractivity contribution in [1.29, 1.82) is 0 Å². The molecule has 3 nitrogen and oxygen atoms in total. The van der Waals surface area contributed by atoms with E-state index in [9.17, 15) is 4.79 Å². The predicted molar refractivity (Wildman–Crippen MR) is 77.4 cm³/mol. The average Bonchev–Trinajstić information content (AvgIpc) is 2.85. The van der Waals surface area contributed by atoms with Crippen molar-refractivity contribution in [3.05, 3.63) is 22.4 Å². The van der Waals surface area contributed by atoms with Crippen LogP contribution in [0.2, 0.25) is 0 Å². The lowest BCUT2D eigenvalue weighted by molar-refractivity contribution is -0.136. The van der Waals surface area contributed by atoms with E-state index in [1.807, 2.05) is 37.1 Å². The van der Waals surface area contributed by atoms with Crippen LogP contribution in [0.3, 0.4) is 0 Å². The Labute approximate surface area is 114 Å². The normalized spacial score (nSPS) is 14.6. The number of nitrogens with zero attached hydrogens (tertiary/aromatic N) is 1. The van der Waals surface area contributed by atoms with Gasteiger partial charge in [-0.1, -0.05) is 26.3 Å². The summed E-state index contributed by atoms with van der Waals surface area (Å²) < 4.78 is 0. The Morgan fingerprint density at radius 3 is 2.56 bits per heavy atom. The fraction of sp³-hybridized carbons (Fsp3) is 0.643. The van der Waals surface area contributed by atoms with Crippen molar-refractivity contribution < 1.29 is 4.79 Å². The molecule has 1 amide bonds. The zero-order valence-electron chi connectivity index (χ0n) is 11.7. The summed E-state index contributed by atoms with van der Waals surface area (Å²) in [5.74, 6) is 0.287. The molecule has 18 heavy (non-hydrogen) atoms. The number of hydrogen-bond donors (Lipinski definition) is 1. The minimum atomic E-state index is -0.391. The van der Waals surface area contributed by atoms with E-state index in [0.29, 0.717) is 6.54 Å². The van der Waals surface area contributed by atoms with Crippen LogP contribution in [-0.2, 0) is 11.3 Å². The van der Waals surface area contributed by atoms with Crippen LogP contribution in [-0.4, -0.2) is 22.9 Å². The topological polar surface area (TPSA) is 46.3 Å². The first-order chi connectivity index (χ1) is 8.47. The molecule has 0 bridgehead atoms. The number of thiophene rings is 1. The Balaban J connectivity index is 2.75. The van der Waals surface area contributed by atoms with Crippen LogP contribution in [0.15, 0.2) is 17.5 Å². The van der Waals surface area contributed by atoms with Crippen LogP contribution < -0.4 is 5.73 Å². The number of carbonyl (C=O) groups is 1. The number of amides is 1. The fourth-order valence-electron chi connectivity index (χ4n) is 1.77. The fourth-order valence-corrected chi connectivity index (χ4v) is 2.48. The summed E-state index contributed by atoms with van der Waals surface area (Å²) in [4.78, 5) is 15.5. The molecule has 2 N–H and O–H groups in total. The van der Waals surface area contributed by atoms with E-state index in [1.165, 1.54) is 4.88 Å². The molecule has 0 radical (unpaired) electrons. The van der Waals surface area contributed by atoms with Crippen LogP contribution in [0.4, 0.5) is 0 Å². The first-order valence-corrected chi connectivity index (χ1v) is 7.43. The lowest BCUT2D eigenvalue weighted by atomic mass is 9.98. The second-order valence-corrected chi connectivity index (χ2v) is 6.08. The third-order valence-electron chi connectivity index (χ3n) is 3.35. The van der Waals surface area contributed by atoms with Gasteiger partial charge in [0.15, 0.2) is 0 Å². The molecule has 1 unspecified atom stereocenters. The van der Waals surface area contributed by atoms with Crippen LogP contribution in [0.1, 0.15) is 39.0 Å². The van der Waals surface area contributed by atoms with Gasteiger partial charge in [0.05, 0.1) is 12.6 Å². The first kappa shape index (κ1) is 15.2. The summed E-state index contributed by atoms with van der Waals surface area (Å²) >= 11 is 1.68. The van der Waals surface area contributed by atoms with E-state index >= 15 is 0 Å². The smallest absolute Gasteiger partial charge is 0.240 e. The molecule has 4 heteroatoms. The first-order valence-electron chi connectivity index (χ1n) is 6.55. The molecule has 0 aliphatic heterocycles. The molecule has 0 aliphatic carbocycles. The highest BCUT2D eigenvalue weighted by molar-refractivity contribution is 7.09. The van der Waals surface area contributed by atoms with E-state index < -0.39 is 6.04 Å². The molecule has 0 fully saturated rings. The summed E-state index contributed by atoms with van der Waals surface area (Å²) in [6.07, 6.45) is 0.928. The van der Waals surface area contributed by atoms with Crippen molar-refractivity contribution in [3.63, 3.8) is 0 Å². The summed E-state index contributed by atoms with van der Waals surface area (Å²) in [5.41, 5.74) is 6.05. The van der Waals surface area contributed by atoms with E-state index in [4.69, 9.17) is 5.73 Å². The van der Waals surface area contributed by atoms with Gasteiger partial charge in [-0.15, -0.1) is 11.3 Å². The maximum atomic E-state index is 12.4. The Morgan fingerprint density at radius 2 is 2.11 bits per heavy atom. The zero-order chi connectivity index (χ0) is 13.7. The Bertz CT molecular complexity index is 362. The molecule has 0 saturated heterocycles. The second kappa shape index (κ2) is 6.90. The highest BCUT2D eigenvalue weighted by Crippen LogP contribution is 2.17. The molecule has 1 aromatic heterocycles. The summed E-state index contributed by atoms with van der Waals surface area (Å²) in [6.45, 7) is 8.84. The van der Waals surface area contributed by atoms with Crippen molar-refractivity contribution in [3.8, 4) is 0 Å². The van der Waals surface area contributed by atoms with Gasteiger partial charge in [-0.3, -0.25) is 4.79 Å². The van der Waals surface area contributed by atoms with E-state index in [1.54, 1.807) is 11.3 Å². The summed E-state index contributed by atoms with van der Waals surface area (Å²) in [5, 5.41) is 2.03. The number of carbonyl (C=O) groups excluding carboxylic acids is 1. The molecule has 0 aliphatic rings. The molecule has 1 aromatic rings. The lowest BCUT2D eigenvalue weighted by Crippen LogP contribution is -2.49. The largest absolute Gasteiger partial charge is 0.334 e. The standard InChI is InChI=1S/C14H24N2OS/c1-5-11(4)13(15)14(17)16(10(2)3)9-12-7-6-8-18-12/h6-8,10-11,13H,5,9,15H2,1-4H3/t11?,13-/m0/s1. The van der Waals surface area contributed by atoms with Gasteiger partial charge in [-0.2, -0.15) is 0 Å². The van der Waals surface area contributed by atoms with Crippen molar-refractivity contribution in [2.24, 2.45) is 11.7 Å². The second-order valence-electron chi connectivity index (χ2n) is 5.05. The SMILES string of the molecule is CCC(C)[C@H](N)C(=O)N(Cc1cccs1)C(C)C. The Hall–Kier alpha value is -0.870. The molecule has 102 valence electrons. The van der Waals surface area contributed by atoms with Gasteiger partial charge in [0.1, 0.15) is 0 Å². The van der Waals surface area contributed by atoms with Crippen LogP contribution in [0, 0.1) is 5.92 Å². The van der Waals surface area contributed by atoms with Gasteiger partial charge in [0, 0.05) is 10.9 Å². The molecular weight excluding hydrogens is 244 g/mol. The summed E-state index contributed by atoms with van der Waals surface area (Å²) in [6, 6.07) is 3.85. The van der Waals surface area contributed by atoms with E-state index in [0.717, 1.165) is 6.42 Å². The quantitative estimate of drug-likeness (QED) is 0.862. The number of nitrogens with two attached hydrogens (primary N) is 1. The van der Waals surface area contributed by atoms with Crippen molar-refractivity contribution in [2.45, 2.75) is 52.7 Å². The van der Waals surface area contributed by atoms with Crippen molar-refractivity contribution in [2.75, 3.05) is 0 Å². The van der Waals surface area contributed by atoms with Crippen LogP contribution >= 0.6 is 11.3 Å².